The third kappa shape index (κ3) is 5.14. The average molecular weight is 430 g/mol. The van der Waals surface area contributed by atoms with Gasteiger partial charge in [0.25, 0.3) is 0 Å². The number of ether oxygens (including phenoxy) is 2. The molecule has 1 aromatic rings. The van der Waals surface area contributed by atoms with Gasteiger partial charge in [-0.1, -0.05) is 12.1 Å². The zero-order chi connectivity index (χ0) is 22.2. The number of piperazine rings is 1. The fraction of sp³-hybridized carbons (Fsp3) is 0.667. The number of piperidine rings is 1. The van der Waals surface area contributed by atoms with Gasteiger partial charge in [-0.15, -0.1) is 0 Å². The van der Waals surface area contributed by atoms with E-state index >= 15 is 0 Å². The molecule has 7 heteroatoms. The largest absolute Gasteiger partial charge is 0.497 e. The van der Waals surface area contributed by atoms with Gasteiger partial charge in [-0.3, -0.25) is 9.69 Å². The highest BCUT2D eigenvalue weighted by atomic mass is 16.6. The highest BCUT2D eigenvalue weighted by Crippen LogP contribution is 2.58. The van der Waals surface area contributed by atoms with Crippen molar-refractivity contribution in [3.8, 4) is 5.75 Å². The van der Waals surface area contributed by atoms with E-state index in [2.05, 4.69) is 4.90 Å². The zero-order valence-electron chi connectivity index (χ0n) is 19.2. The molecule has 2 atom stereocenters. The topological polar surface area (TPSA) is 62.3 Å². The monoisotopic (exact) mass is 429 g/mol. The van der Waals surface area contributed by atoms with Crippen LogP contribution in [0.1, 0.15) is 32.8 Å². The molecule has 0 spiro atoms. The summed E-state index contributed by atoms with van der Waals surface area (Å²) in [4.78, 5) is 31.5. The molecule has 3 aliphatic rings. The lowest BCUT2D eigenvalue weighted by molar-refractivity contribution is -0.132. The van der Waals surface area contributed by atoms with Crippen LogP contribution in [0.15, 0.2) is 24.3 Å². The molecule has 0 aromatic heterocycles. The lowest BCUT2D eigenvalue weighted by Gasteiger charge is -2.36. The molecule has 0 bridgehead atoms. The van der Waals surface area contributed by atoms with Crippen molar-refractivity contribution in [3.05, 3.63) is 29.8 Å². The molecule has 7 nitrogen and oxygen atoms in total. The van der Waals surface area contributed by atoms with E-state index in [1.54, 1.807) is 7.11 Å². The molecule has 1 saturated carbocycles. The van der Waals surface area contributed by atoms with E-state index in [0.29, 0.717) is 12.3 Å². The van der Waals surface area contributed by atoms with Crippen molar-refractivity contribution in [2.45, 2.75) is 39.2 Å². The molecule has 3 fully saturated rings. The van der Waals surface area contributed by atoms with E-state index in [1.165, 1.54) is 6.42 Å². The van der Waals surface area contributed by atoms with Gasteiger partial charge < -0.3 is 19.3 Å². The minimum atomic E-state index is -0.454. The summed E-state index contributed by atoms with van der Waals surface area (Å²) in [6.07, 6.45) is 1.42. The van der Waals surface area contributed by atoms with Crippen molar-refractivity contribution in [3.63, 3.8) is 0 Å². The quantitative estimate of drug-likeness (QED) is 0.720. The number of amides is 2. The fourth-order valence-corrected chi connectivity index (χ4v) is 4.97. The number of hydrogen-bond acceptors (Lipinski definition) is 5. The number of rotatable bonds is 5. The summed E-state index contributed by atoms with van der Waals surface area (Å²) >= 11 is 0. The zero-order valence-corrected chi connectivity index (χ0v) is 19.2. The molecule has 1 aliphatic carbocycles. The molecule has 0 radical (unpaired) electrons. The summed E-state index contributed by atoms with van der Waals surface area (Å²) in [5.74, 6) is 1.55. The number of carbonyl (C=O) groups excluding carboxylic acids is 2. The number of hydrogen-bond donors (Lipinski definition) is 0. The second kappa shape index (κ2) is 8.34. The second-order valence-corrected chi connectivity index (χ2v) is 10.3. The van der Waals surface area contributed by atoms with E-state index in [4.69, 9.17) is 9.47 Å². The number of nitrogens with zero attached hydrogens (tertiary/aromatic N) is 3. The number of likely N-dealkylation sites (tertiary alicyclic amines) is 1. The van der Waals surface area contributed by atoms with Crippen molar-refractivity contribution in [2.24, 2.45) is 11.3 Å². The van der Waals surface area contributed by atoms with Gasteiger partial charge in [-0.2, -0.15) is 0 Å². The Morgan fingerprint density at radius 2 is 1.87 bits per heavy atom. The first-order valence-electron chi connectivity index (χ1n) is 11.3. The predicted octanol–water partition coefficient (Wildman–Crippen LogP) is 2.64. The summed E-state index contributed by atoms with van der Waals surface area (Å²) < 4.78 is 10.8. The second-order valence-electron chi connectivity index (χ2n) is 10.3. The molecule has 2 heterocycles. The molecular formula is C24H35N3O4. The van der Waals surface area contributed by atoms with Crippen LogP contribution in [-0.4, -0.2) is 85.2 Å². The maximum Gasteiger partial charge on any atom is 0.410 e. The highest BCUT2D eigenvalue weighted by Gasteiger charge is 2.61. The lowest BCUT2D eigenvalue weighted by atomic mass is 10.0. The highest BCUT2D eigenvalue weighted by molar-refractivity contribution is 5.79. The number of fused-ring (bicyclic) bond motifs is 1. The normalized spacial score (nSPS) is 25.9. The number of carbonyl (C=O) groups is 2. The van der Waals surface area contributed by atoms with Gasteiger partial charge >= 0.3 is 6.09 Å². The van der Waals surface area contributed by atoms with E-state index in [1.807, 2.05) is 54.8 Å². The molecule has 4 rings (SSSR count). The molecular weight excluding hydrogens is 394 g/mol. The standard InChI is InChI=1S/C24H35N3O4/c1-23(2,3)31-22(29)27-15-19-14-24(19,17-27)16-25-8-10-26(11-9-25)21(28)13-18-6-5-7-20(12-18)30-4/h5-7,12,19H,8-11,13-17H2,1-4H3/t19-,24+/m1/s1. The molecule has 2 saturated heterocycles. The summed E-state index contributed by atoms with van der Waals surface area (Å²) in [5, 5.41) is 0. The van der Waals surface area contributed by atoms with Crippen molar-refractivity contribution < 1.29 is 19.1 Å². The maximum absolute atomic E-state index is 12.7. The van der Waals surface area contributed by atoms with Gasteiger partial charge in [0.1, 0.15) is 11.4 Å². The Balaban J connectivity index is 1.23. The minimum Gasteiger partial charge on any atom is -0.497 e. The fourth-order valence-electron chi connectivity index (χ4n) is 4.97. The third-order valence-corrected chi connectivity index (χ3v) is 6.71. The molecule has 0 N–H and O–H groups in total. The van der Waals surface area contributed by atoms with Gasteiger partial charge in [0.15, 0.2) is 0 Å². The summed E-state index contributed by atoms with van der Waals surface area (Å²) in [5.41, 5.74) is 0.758. The third-order valence-electron chi connectivity index (χ3n) is 6.71. The summed E-state index contributed by atoms with van der Waals surface area (Å²) in [7, 11) is 1.64. The van der Waals surface area contributed by atoms with Crippen LogP contribution >= 0.6 is 0 Å². The minimum absolute atomic E-state index is 0.173. The first-order chi connectivity index (χ1) is 14.7. The maximum atomic E-state index is 12.7. The van der Waals surface area contributed by atoms with Crippen molar-refractivity contribution in [1.29, 1.82) is 0 Å². The van der Waals surface area contributed by atoms with E-state index in [-0.39, 0.29) is 17.4 Å². The van der Waals surface area contributed by atoms with Crippen LogP contribution in [0.25, 0.3) is 0 Å². The van der Waals surface area contributed by atoms with Gasteiger partial charge in [0.2, 0.25) is 5.91 Å². The Labute approximate surface area is 185 Å². The van der Waals surface area contributed by atoms with Crippen LogP contribution in [-0.2, 0) is 16.0 Å². The van der Waals surface area contributed by atoms with Crippen LogP contribution in [0.4, 0.5) is 4.79 Å². The number of methoxy groups -OCH3 is 1. The molecule has 0 unspecified atom stereocenters. The van der Waals surface area contributed by atoms with Crippen LogP contribution in [0, 0.1) is 11.3 Å². The van der Waals surface area contributed by atoms with Crippen LogP contribution in [0.3, 0.4) is 0 Å². The van der Waals surface area contributed by atoms with Gasteiger partial charge in [0.05, 0.1) is 13.5 Å². The van der Waals surface area contributed by atoms with E-state index in [9.17, 15) is 9.59 Å². The van der Waals surface area contributed by atoms with Crippen LogP contribution < -0.4 is 4.74 Å². The van der Waals surface area contributed by atoms with Crippen molar-refractivity contribution in [1.82, 2.24) is 14.7 Å². The number of benzene rings is 1. The lowest BCUT2D eigenvalue weighted by Crippen LogP contribution is -2.51. The summed E-state index contributed by atoms with van der Waals surface area (Å²) in [6.45, 7) is 11.7. The van der Waals surface area contributed by atoms with Gasteiger partial charge in [0, 0.05) is 51.2 Å². The first-order valence-corrected chi connectivity index (χ1v) is 11.3. The average Bonchev–Trinajstić information content (AvgIpc) is 3.25. The smallest absolute Gasteiger partial charge is 0.410 e. The van der Waals surface area contributed by atoms with Crippen LogP contribution in [0.2, 0.25) is 0 Å². The van der Waals surface area contributed by atoms with E-state index in [0.717, 1.165) is 57.1 Å². The Morgan fingerprint density at radius 1 is 1.13 bits per heavy atom. The Morgan fingerprint density at radius 3 is 2.55 bits per heavy atom. The Bertz CT molecular complexity index is 828. The predicted molar refractivity (Wildman–Crippen MR) is 118 cm³/mol. The van der Waals surface area contributed by atoms with Crippen molar-refractivity contribution >= 4 is 12.0 Å². The molecule has 2 amide bonds. The van der Waals surface area contributed by atoms with Gasteiger partial charge in [-0.05, 0) is 50.8 Å². The first kappa shape index (κ1) is 21.9. The molecule has 2 aliphatic heterocycles. The summed E-state index contributed by atoms with van der Waals surface area (Å²) in [6, 6.07) is 7.72. The van der Waals surface area contributed by atoms with Crippen LogP contribution in [0.5, 0.6) is 5.75 Å². The van der Waals surface area contributed by atoms with Gasteiger partial charge in [-0.25, -0.2) is 4.79 Å². The van der Waals surface area contributed by atoms with E-state index < -0.39 is 5.60 Å². The molecule has 170 valence electrons. The Hall–Kier alpha value is -2.28. The molecule has 31 heavy (non-hydrogen) atoms. The Kier molecular flexibility index (Phi) is 5.90. The van der Waals surface area contributed by atoms with Crippen molar-refractivity contribution in [2.75, 3.05) is 52.9 Å². The SMILES string of the molecule is COc1cccc(CC(=O)N2CCN(C[C@]34C[C@@H]3CN(C(=O)OC(C)(C)C)C4)CC2)c1. The molecule has 1 aromatic carbocycles.